The van der Waals surface area contributed by atoms with Gasteiger partial charge in [-0.25, -0.2) is 4.39 Å². The summed E-state index contributed by atoms with van der Waals surface area (Å²) in [6, 6.07) is 16.6. The van der Waals surface area contributed by atoms with Crippen molar-refractivity contribution in [1.29, 1.82) is 0 Å². The Kier molecular flexibility index (Phi) is 4.44. The molecule has 1 aromatic heterocycles. The minimum Gasteiger partial charge on any atom is -0.451 e. The molecule has 0 spiro atoms. The molecule has 1 N–H and O–H groups in total. The van der Waals surface area contributed by atoms with E-state index in [1.807, 2.05) is 12.1 Å². The van der Waals surface area contributed by atoms with Crippen molar-refractivity contribution in [3.05, 3.63) is 82.8 Å². The molecule has 0 unspecified atom stereocenters. The van der Waals surface area contributed by atoms with Gasteiger partial charge in [0.15, 0.2) is 5.76 Å². The summed E-state index contributed by atoms with van der Waals surface area (Å²) in [7, 11) is 0. The fraction of sp³-hybridized carbons (Fsp3) is 0.0556. The van der Waals surface area contributed by atoms with E-state index < -0.39 is 5.82 Å². The van der Waals surface area contributed by atoms with Gasteiger partial charge in [0.1, 0.15) is 11.6 Å². The van der Waals surface area contributed by atoms with Crippen LogP contribution < -0.4 is 5.32 Å². The summed E-state index contributed by atoms with van der Waals surface area (Å²) < 4.78 is 19.2. The van der Waals surface area contributed by atoms with Crippen LogP contribution in [0.25, 0.3) is 11.3 Å². The van der Waals surface area contributed by atoms with Gasteiger partial charge in [-0.3, -0.25) is 4.79 Å². The molecule has 0 radical (unpaired) electrons. The molecule has 0 aliphatic carbocycles. The van der Waals surface area contributed by atoms with Crippen molar-refractivity contribution in [2.45, 2.75) is 6.54 Å². The van der Waals surface area contributed by atoms with Gasteiger partial charge >= 0.3 is 0 Å². The molecule has 3 aromatic rings. The third-order valence-corrected chi connectivity index (χ3v) is 3.55. The van der Waals surface area contributed by atoms with Gasteiger partial charge in [0.2, 0.25) is 0 Å². The number of furan rings is 1. The Bertz CT molecular complexity index is 844. The van der Waals surface area contributed by atoms with E-state index in [4.69, 9.17) is 16.0 Å². The molecular weight excluding hydrogens is 317 g/mol. The van der Waals surface area contributed by atoms with E-state index in [9.17, 15) is 9.18 Å². The lowest BCUT2D eigenvalue weighted by molar-refractivity contribution is 0.0924. The van der Waals surface area contributed by atoms with Crippen LogP contribution in [0.4, 0.5) is 4.39 Å². The molecule has 23 heavy (non-hydrogen) atoms. The van der Waals surface area contributed by atoms with Crippen LogP contribution in [0.15, 0.2) is 65.1 Å². The van der Waals surface area contributed by atoms with Gasteiger partial charge in [-0.1, -0.05) is 35.9 Å². The molecule has 0 aliphatic rings. The molecule has 5 heteroatoms. The van der Waals surface area contributed by atoms with Gasteiger partial charge in [-0.2, -0.15) is 0 Å². The molecule has 1 amide bonds. The molecule has 116 valence electrons. The van der Waals surface area contributed by atoms with Crippen molar-refractivity contribution >= 4 is 17.5 Å². The largest absolute Gasteiger partial charge is 0.451 e. The molecule has 0 bridgehead atoms. The van der Waals surface area contributed by atoms with E-state index in [1.165, 1.54) is 12.1 Å². The summed E-state index contributed by atoms with van der Waals surface area (Å²) in [5.41, 5.74) is 1.20. The quantitative estimate of drug-likeness (QED) is 0.755. The van der Waals surface area contributed by atoms with Gasteiger partial charge in [0, 0.05) is 11.6 Å². The Morgan fingerprint density at radius 3 is 2.70 bits per heavy atom. The Morgan fingerprint density at radius 2 is 1.91 bits per heavy atom. The van der Waals surface area contributed by atoms with E-state index in [0.717, 1.165) is 5.56 Å². The molecular formula is C18H13ClFNO2. The molecule has 3 rings (SSSR count). The van der Waals surface area contributed by atoms with Crippen molar-refractivity contribution in [2.75, 3.05) is 0 Å². The lowest BCUT2D eigenvalue weighted by Gasteiger charge is -2.04. The highest BCUT2D eigenvalue weighted by atomic mass is 35.5. The normalized spacial score (nSPS) is 10.5. The van der Waals surface area contributed by atoms with Crippen LogP contribution in [0.5, 0.6) is 0 Å². The van der Waals surface area contributed by atoms with Crippen molar-refractivity contribution in [3.8, 4) is 11.3 Å². The second-order valence-electron chi connectivity index (χ2n) is 4.96. The summed E-state index contributed by atoms with van der Waals surface area (Å²) in [6.07, 6.45) is 0. The summed E-state index contributed by atoms with van der Waals surface area (Å²) in [6.45, 7) is 0.328. The fourth-order valence-electron chi connectivity index (χ4n) is 2.18. The average molecular weight is 330 g/mol. The molecule has 1 heterocycles. The Balaban J connectivity index is 1.70. The molecule has 0 aliphatic heterocycles. The SMILES string of the molecule is O=C(NCc1cccc(Cl)c1)c1ccc(-c2ccccc2F)o1. The Labute approximate surface area is 137 Å². The first-order valence-electron chi connectivity index (χ1n) is 7.01. The summed E-state index contributed by atoms with van der Waals surface area (Å²) in [4.78, 5) is 12.1. The monoisotopic (exact) mass is 329 g/mol. The second kappa shape index (κ2) is 6.67. The van der Waals surface area contributed by atoms with Gasteiger partial charge < -0.3 is 9.73 Å². The van der Waals surface area contributed by atoms with Gasteiger partial charge in [-0.15, -0.1) is 0 Å². The third kappa shape index (κ3) is 3.60. The smallest absolute Gasteiger partial charge is 0.287 e. The highest BCUT2D eigenvalue weighted by molar-refractivity contribution is 6.30. The van der Waals surface area contributed by atoms with Crippen molar-refractivity contribution in [1.82, 2.24) is 5.32 Å². The molecule has 0 atom stereocenters. The maximum atomic E-state index is 13.7. The minimum absolute atomic E-state index is 0.130. The number of carbonyl (C=O) groups excluding carboxylic acids is 1. The van der Waals surface area contributed by atoms with Crippen LogP contribution in [0, 0.1) is 5.82 Å². The van der Waals surface area contributed by atoms with Crippen molar-refractivity contribution < 1.29 is 13.6 Å². The van der Waals surface area contributed by atoms with E-state index in [-0.39, 0.29) is 11.7 Å². The van der Waals surface area contributed by atoms with Crippen molar-refractivity contribution in [3.63, 3.8) is 0 Å². The first-order valence-corrected chi connectivity index (χ1v) is 7.38. The number of hydrogen-bond acceptors (Lipinski definition) is 2. The van der Waals surface area contributed by atoms with Crippen molar-refractivity contribution in [2.24, 2.45) is 0 Å². The van der Waals surface area contributed by atoms with Gasteiger partial charge in [0.25, 0.3) is 5.91 Å². The first-order chi connectivity index (χ1) is 11.1. The lowest BCUT2D eigenvalue weighted by atomic mass is 10.1. The fourth-order valence-corrected chi connectivity index (χ4v) is 2.39. The zero-order valence-electron chi connectivity index (χ0n) is 12.1. The van der Waals surface area contributed by atoms with Gasteiger partial charge in [-0.05, 0) is 42.0 Å². The third-order valence-electron chi connectivity index (χ3n) is 3.31. The number of amides is 1. The molecule has 3 nitrogen and oxygen atoms in total. The van der Waals surface area contributed by atoms with Crippen LogP contribution in [-0.4, -0.2) is 5.91 Å². The highest BCUT2D eigenvalue weighted by Gasteiger charge is 2.14. The number of carbonyl (C=O) groups is 1. The average Bonchev–Trinajstić information content (AvgIpc) is 3.03. The summed E-state index contributed by atoms with van der Waals surface area (Å²) in [5.74, 6) is -0.318. The number of benzene rings is 2. The predicted octanol–water partition coefficient (Wildman–Crippen LogP) is 4.67. The molecule has 0 saturated carbocycles. The standard InChI is InChI=1S/C18H13ClFNO2/c19-13-5-3-4-12(10-13)11-21-18(22)17-9-8-16(23-17)14-6-1-2-7-15(14)20/h1-10H,11H2,(H,21,22). The summed E-state index contributed by atoms with van der Waals surface area (Å²) >= 11 is 5.90. The van der Waals surface area contributed by atoms with E-state index in [2.05, 4.69) is 5.32 Å². The Hall–Kier alpha value is -2.59. The zero-order chi connectivity index (χ0) is 16.2. The number of nitrogens with one attached hydrogen (secondary N) is 1. The lowest BCUT2D eigenvalue weighted by Crippen LogP contribution is -2.22. The Morgan fingerprint density at radius 1 is 1.09 bits per heavy atom. The zero-order valence-corrected chi connectivity index (χ0v) is 12.8. The van der Waals surface area contributed by atoms with Gasteiger partial charge in [0.05, 0.1) is 5.56 Å². The number of hydrogen-bond donors (Lipinski definition) is 1. The molecule has 0 saturated heterocycles. The molecule has 2 aromatic carbocycles. The number of halogens is 2. The minimum atomic E-state index is -0.396. The van der Waals surface area contributed by atoms with Crippen LogP contribution in [0.2, 0.25) is 5.02 Å². The maximum absolute atomic E-state index is 13.7. The van der Waals surface area contributed by atoms with Crippen LogP contribution in [0.3, 0.4) is 0 Å². The number of rotatable bonds is 4. The topological polar surface area (TPSA) is 42.2 Å². The molecule has 0 fully saturated rings. The second-order valence-corrected chi connectivity index (χ2v) is 5.39. The van der Waals surface area contributed by atoms with E-state index in [1.54, 1.807) is 36.4 Å². The maximum Gasteiger partial charge on any atom is 0.287 e. The van der Waals surface area contributed by atoms with Crippen LogP contribution in [-0.2, 0) is 6.54 Å². The first kappa shape index (κ1) is 15.3. The van der Waals surface area contributed by atoms with E-state index >= 15 is 0 Å². The highest BCUT2D eigenvalue weighted by Crippen LogP contribution is 2.24. The predicted molar refractivity (Wildman–Crippen MR) is 86.7 cm³/mol. The van der Waals surface area contributed by atoms with E-state index in [0.29, 0.717) is 22.9 Å². The van der Waals surface area contributed by atoms with Crippen LogP contribution in [0.1, 0.15) is 16.1 Å². The van der Waals surface area contributed by atoms with Crippen LogP contribution >= 0.6 is 11.6 Å². The summed E-state index contributed by atoms with van der Waals surface area (Å²) in [5, 5.41) is 3.34.